The lowest BCUT2D eigenvalue weighted by molar-refractivity contribution is -0.128. The van der Waals surface area contributed by atoms with Crippen molar-refractivity contribution in [2.45, 2.75) is 18.2 Å². The van der Waals surface area contributed by atoms with Crippen molar-refractivity contribution in [1.82, 2.24) is 15.1 Å². The molecule has 4 aromatic rings. The third-order valence-electron chi connectivity index (χ3n) is 5.43. The van der Waals surface area contributed by atoms with Crippen LogP contribution in [-0.2, 0) is 17.8 Å². The molecule has 1 aliphatic heterocycles. The number of fused-ring (bicyclic) bond motifs is 1. The maximum atomic E-state index is 13.1. The quantitative estimate of drug-likeness (QED) is 0.322. The molecule has 0 N–H and O–H groups in total. The second-order valence-corrected chi connectivity index (χ2v) is 8.69. The van der Waals surface area contributed by atoms with Crippen molar-refractivity contribution >= 4 is 17.7 Å². The Hall–Kier alpha value is -3.78. The first-order valence-electron chi connectivity index (χ1n) is 11.0. The SMILES string of the molecule is O=C(CSc1nnc(-c2ccc3c(c2)OCO3)o1)N(CCc1ccccc1)Cc1ccccc1. The molecule has 5 rings (SSSR count). The molecule has 0 saturated heterocycles. The van der Waals surface area contributed by atoms with Crippen LogP contribution in [0.2, 0.25) is 0 Å². The highest BCUT2D eigenvalue weighted by atomic mass is 32.2. The first kappa shape index (κ1) is 22.0. The van der Waals surface area contributed by atoms with Gasteiger partial charge in [-0.25, -0.2) is 0 Å². The Morgan fingerprint density at radius 1 is 0.882 bits per heavy atom. The van der Waals surface area contributed by atoms with E-state index in [4.69, 9.17) is 13.9 Å². The monoisotopic (exact) mass is 473 g/mol. The number of ether oxygens (including phenoxy) is 2. The zero-order chi connectivity index (χ0) is 23.2. The first-order valence-corrected chi connectivity index (χ1v) is 11.9. The van der Waals surface area contributed by atoms with Crippen LogP contribution >= 0.6 is 11.8 Å². The fourth-order valence-electron chi connectivity index (χ4n) is 3.63. The van der Waals surface area contributed by atoms with Gasteiger partial charge in [0.2, 0.25) is 18.6 Å². The summed E-state index contributed by atoms with van der Waals surface area (Å²) in [4.78, 5) is 15.0. The molecule has 1 aliphatic rings. The molecule has 0 spiro atoms. The van der Waals surface area contributed by atoms with Crippen LogP contribution in [0.3, 0.4) is 0 Å². The van der Waals surface area contributed by atoms with Crippen LogP contribution in [0.5, 0.6) is 11.5 Å². The molecule has 0 fully saturated rings. The minimum absolute atomic E-state index is 0.0209. The molecule has 0 aliphatic carbocycles. The number of carbonyl (C=O) groups excluding carboxylic acids is 1. The van der Waals surface area contributed by atoms with Crippen LogP contribution in [-0.4, -0.2) is 40.1 Å². The highest BCUT2D eigenvalue weighted by Gasteiger charge is 2.19. The highest BCUT2D eigenvalue weighted by molar-refractivity contribution is 7.99. The molecular weight excluding hydrogens is 450 g/mol. The topological polar surface area (TPSA) is 77.7 Å². The summed E-state index contributed by atoms with van der Waals surface area (Å²) >= 11 is 1.24. The number of nitrogens with zero attached hydrogens (tertiary/aromatic N) is 3. The molecule has 0 atom stereocenters. The molecule has 8 heteroatoms. The molecule has 0 unspecified atom stereocenters. The average Bonchev–Trinajstić information content (AvgIpc) is 3.55. The Kier molecular flexibility index (Phi) is 6.76. The van der Waals surface area contributed by atoms with Crippen LogP contribution < -0.4 is 9.47 Å². The van der Waals surface area contributed by atoms with Crippen molar-refractivity contribution in [3.05, 3.63) is 90.0 Å². The fourth-order valence-corrected chi connectivity index (χ4v) is 4.30. The van der Waals surface area contributed by atoms with Gasteiger partial charge in [-0.3, -0.25) is 4.79 Å². The molecule has 0 bridgehead atoms. The van der Waals surface area contributed by atoms with Gasteiger partial charge in [-0.1, -0.05) is 72.4 Å². The van der Waals surface area contributed by atoms with Crippen molar-refractivity contribution in [3.8, 4) is 23.0 Å². The molecule has 2 heterocycles. The van der Waals surface area contributed by atoms with E-state index in [9.17, 15) is 4.79 Å². The van der Waals surface area contributed by atoms with Gasteiger partial charge in [-0.15, -0.1) is 10.2 Å². The average molecular weight is 474 g/mol. The van der Waals surface area contributed by atoms with E-state index in [0.29, 0.717) is 35.7 Å². The van der Waals surface area contributed by atoms with Gasteiger partial charge in [0.25, 0.3) is 5.22 Å². The number of aromatic nitrogens is 2. The fraction of sp³-hybridized carbons (Fsp3) is 0.192. The second-order valence-electron chi connectivity index (χ2n) is 7.77. The first-order chi connectivity index (χ1) is 16.7. The molecule has 0 radical (unpaired) electrons. The minimum atomic E-state index is 0.0209. The molecule has 3 aromatic carbocycles. The number of amides is 1. The van der Waals surface area contributed by atoms with Gasteiger partial charge in [0.1, 0.15) is 0 Å². The summed E-state index contributed by atoms with van der Waals surface area (Å²) < 4.78 is 16.5. The zero-order valence-corrected chi connectivity index (χ0v) is 19.2. The summed E-state index contributed by atoms with van der Waals surface area (Å²) in [6, 6.07) is 25.7. The molecule has 0 saturated carbocycles. The Morgan fingerprint density at radius 3 is 2.41 bits per heavy atom. The summed E-state index contributed by atoms with van der Waals surface area (Å²) in [5, 5.41) is 8.57. The summed E-state index contributed by atoms with van der Waals surface area (Å²) in [6.45, 7) is 1.39. The maximum absolute atomic E-state index is 13.1. The van der Waals surface area contributed by atoms with E-state index in [1.807, 2.05) is 65.6 Å². The van der Waals surface area contributed by atoms with E-state index in [-0.39, 0.29) is 18.5 Å². The molecule has 172 valence electrons. The van der Waals surface area contributed by atoms with Crippen molar-refractivity contribution in [2.24, 2.45) is 0 Å². The van der Waals surface area contributed by atoms with Gasteiger partial charge < -0.3 is 18.8 Å². The molecule has 1 amide bonds. The number of thioether (sulfide) groups is 1. The van der Waals surface area contributed by atoms with Crippen LogP contribution in [0.1, 0.15) is 11.1 Å². The number of rotatable bonds is 9. The molecule has 34 heavy (non-hydrogen) atoms. The lowest BCUT2D eigenvalue weighted by atomic mass is 10.1. The van der Waals surface area contributed by atoms with Crippen molar-refractivity contribution in [2.75, 3.05) is 19.1 Å². The van der Waals surface area contributed by atoms with Gasteiger partial charge in [0.15, 0.2) is 11.5 Å². The van der Waals surface area contributed by atoms with Crippen LogP contribution in [0.4, 0.5) is 0 Å². The van der Waals surface area contributed by atoms with Crippen LogP contribution in [0.15, 0.2) is 88.5 Å². The zero-order valence-electron chi connectivity index (χ0n) is 18.4. The standard InChI is InChI=1S/C26H23N3O4S/c30-24(29(16-20-9-5-2-6-10-20)14-13-19-7-3-1-4-8-19)17-34-26-28-27-25(33-26)21-11-12-22-23(15-21)32-18-31-22/h1-12,15H,13-14,16-18H2. The van der Waals surface area contributed by atoms with Gasteiger partial charge in [-0.2, -0.15) is 0 Å². The third kappa shape index (κ3) is 5.40. The van der Waals surface area contributed by atoms with E-state index in [2.05, 4.69) is 22.3 Å². The minimum Gasteiger partial charge on any atom is -0.454 e. The van der Waals surface area contributed by atoms with E-state index in [0.717, 1.165) is 17.5 Å². The normalized spacial score (nSPS) is 12.0. The summed E-state index contributed by atoms with van der Waals surface area (Å²) in [6.07, 6.45) is 0.791. The number of carbonyl (C=O) groups is 1. The van der Waals surface area contributed by atoms with E-state index >= 15 is 0 Å². The second kappa shape index (κ2) is 10.4. The smallest absolute Gasteiger partial charge is 0.277 e. The number of hydrogen-bond donors (Lipinski definition) is 0. The number of benzene rings is 3. The predicted octanol–water partition coefficient (Wildman–Crippen LogP) is 4.83. The molecule has 7 nitrogen and oxygen atoms in total. The lowest BCUT2D eigenvalue weighted by Crippen LogP contribution is -2.33. The van der Waals surface area contributed by atoms with E-state index in [1.54, 1.807) is 6.07 Å². The van der Waals surface area contributed by atoms with Gasteiger partial charge in [0, 0.05) is 18.7 Å². The Morgan fingerprint density at radius 2 is 1.62 bits per heavy atom. The largest absolute Gasteiger partial charge is 0.454 e. The maximum Gasteiger partial charge on any atom is 0.277 e. The van der Waals surface area contributed by atoms with Crippen LogP contribution in [0, 0.1) is 0 Å². The summed E-state index contributed by atoms with van der Waals surface area (Å²) in [5.74, 6) is 1.95. The van der Waals surface area contributed by atoms with Gasteiger partial charge in [0.05, 0.1) is 5.75 Å². The number of hydrogen-bond acceptors (Lipinski definition) is 7. The molecule has 1 aromatic heterocycles. The molecular formula is C26H23N3O4S. The lowest BCUT2D eigenvalue weighted by Gasteiger charge is -2.22. The summed E-state index contributed by atoms with van der Waals surface area (Å²) in [7, 11) is 0. The Bertz CT molecular complexity index is 1250. The highest BCUT2D eigenvalue weighted by Crippen LogP contribution is 2.36. The summed E-state index contributed by atoms with van der Waals surface area (Å²) in [5.41, 5.74) is 3.03. The van der Waals surface area contributed by atoms with Gasteiger partial charge >= 0.3 is 0 Å². The van der Waals surface area contributed by atoms with Crippen LogP contribution in [0.25, 0.3) is 11.5 Å². The van der Waals surface area contributed by atoms with E-state index in [1.165, 1.54) is 17.3 Å². The van der Waals surface area contributed by atoms with E-state index < -0.39 is 0 Å². The van der Waals surface area contributed by atoms with Crippen molar-refractivity contribution in [1.29, 1.82) is 0 Å². The predicted molar refractivity (Wildman–Crippen MR) is 129 cm³/mol. The third-order valence-corrected chi connectivity index (χ3v) is 6.23. The Labute approximate surface area is 201 Å². The van der Waals surface area contributed by atoms with Crippen molar-refractivity contribution < 1.29 is 18.7 Å². The Balaban J connectivity index is 1.23. The van der Waals surface area contributed by atoms with Crippen molar-refractivity contribution in [3.63, 3.8) is 0 Å². The van der Waals surface area contributed by atoms with Gasteiger partial charge in [-0.05, 0) is 35.7 Å².